The summed E-state index contributed by atoms with van der Waals surface area (Å²) in [4.78, 5) is 24.5. The first-order chi connectivity index (χ1) is 8.17. The first kappa shape index (κ1) is 16.7. The lowest BCUT2D eigenvalue weighted by Gasteiger charge is -2.30. The highest BCUT2D eigenvalue weighted by atomic mass is 16.6. The zero-order valence-electron chi connectivity index (χ0n) is 11.9. The minimum atomic E-state index is -0.523. The van der Waals surface area contributed by atoms with Crippen LogP contribution in [0.4, 0.5) is 4.79 Å². The molecule has 0 rings (SSSR count). The Morgan fingerprint density at radius 3 is 2.28 bits per heavy atom. The maximum absolute atomic E-state index is 11.9. The Kier molecular flexibility index (Phi) is 6.68. The second-order valence-electron chi connectivity index (χ2n) is 5.32. The Balaban J connectivity index is 4.31. The van der Waals surface area contributed by atoms with Crippen molar-refractivity contribution >= 4 is 12.0 Å². The van der Waals surface area contributed by atoms with Crippen LogP contribution in [0.2, 0.25) is 0 Å². The lowest BCUT2D eigenvalue weighted by Crippen LogP contribution is -2.45. The van der Waals surface area contributed by atoms with E-state index in [4.69, 9.17) is 10.5 Å². The molecule has 6 heteroatoms. The van der Waals surface area contributed by atoms with Crippen LogP contribution in [0.25, 0.3) is 0 Å². The third kappa shape index (κ3) is 7.11. The molecule has 0 aromatic heterocycles. The summed E-state index contributed by atoms with van der Waals surface area (Å²) < 4.78 is 5.29. The number of amides is 2. The Hall–Kier alpha value is -1.30. The van der Waals surface area contributed by atoms with Crippen LogP contribution in [0.15, 0.2) is 0 Å². The largest absolute Gasteiger partial charge is 0.444 e. The number of rotatable bonds is 5. The first-order valence-electron chi connectivity index (χ1n) is 6.13. The molecule has 6 nitrogen and oxygen atoms in total. The van der Waals surface area contributed by atoms with Gasteiger partial charge in [0.15, 0.2) is 0 Å². The zero-order valence-corrected chi connectivity index (χ0v) is 11.9. The minimum absolute atomic E-state index is 0.00892. The average Bonchev–Trinajstić information content (AvgIpc) is 2.20. The van der Waals surface area contributed by atoms with Gasteiger partial charge in [-0.05, 0) is 34.6 Å². The van der Waals surface area contributed by atoms with Gasteiger partial charge in [-0.1, -0.05) is 0 Å². The molecule has 0 aromatic rings. The fraction of sp³-hybridized carbons (Fsp3) is 0.833. The van der Waals surface area contributed by atoms with Gasteiger partial charge in [-0.2, -0.15) is 0 Å². The second-order valence-corrected chi connectivity index (χ2v) is 5.32. The molecule has 0 aromatic carbocycles. The maximum atomic E-state index is 11.9. The molecule has 0 atom stereocenters. The summed E-state index contributed by atoms with van der Waals surface area (Å²) in [5.41, 5.74) is 4.65. The standard InChI is InChI=1S/C12H25N3O3/c1-9(2)15(7-6-14-10(16)8-13)11(17)18-12(3,4)5/h9H,6-8,13H2,1-5H3,(H,14,16). The topological polar surface area (TPSA) is 84.7 Å². The first-order valence-corrected chi connectivity index (χ1v) is 6.13. The predicted molar refractivity (Wildman–Crippen MR) is 70.1 cm³/mol. The number of nitrogens with zero attached hydrogens (tertiary/aromatic N) is 1. The smallest absolute Gasteiger partial charge is 0.410 e. The van der Waals surface area contributed by atoms with Crippen LogP contribution < -0.4 is 11.1 Å². The highest BCUT2D eigenvalue weighted by Gasteiger charge is 2.23. The highest BCUT2D eigenvalue weighted by Crippen LogP contribution is 2.11. The van der Waals surface area contributed by atoms with Gasteiger partial charge in [0.1, 0.15) is 5.60 Å². The van der Waals surface area contributed by atoms with E-state index in [0.29, 0.717) is 13.1 Å². The van der Waals surface area contributed by atoms with Crippen molar-refractivity contribution in [3.63, 3.8) is 0 Å². The van der Waals surface area contributed by atoms with E-state index in [1.807, 2.05) is 34.6 Å². The summed E-state index contributed by atoms with van der Waals surface area (Å²) in [7, 11) is 0. The number of ether oxygens (including phenoxy) is 1. The Labute approximate surface area is 109 Å². The van der Waals surface area contributed by atoms with Gasteiger partial charge in [0.05, 0.1) is 6.54 Å². The fourth-order valence-electron chi connectivity index (χ4n) is 1.27. The zero-order chi connectivity index (χ0) is 14.3. The van der Waals surface area contributed by atoms with E-state index >= 15 is 0 Å². The third-order valence-corrected chi connectivity index (χ3v) is 2.11. The average molecular weight is 259 g/mol. The molecule has 0 aliphatic rings. The second kappa shape index (κ2) is 7.20. The van der Waals surface area contributed by atoms with Gasteiger partial charge in [-0.25, -0.2) is 4.79 Å². The molecule has 18 heavy (non-hydrogen) atoms. The quantitative estimate of drug-likeness (QED) is 0.761. The van der Waals surface area contributed by atoms with Crippen LogP contribution in [-0.2, 0) is 9.53 Å². The fourth-order valence-corrected chi connectivity index (χ4v) is 1.27. The number of nitrogens with two attached hydrogens (primary N) is 1. The molecule has 0 heterocycles. The highest BCUT2D eigenvalue weighted by molar-refractivity contribution is 5.77. The summed E-state index contributed by atoms with van der Waals surface area (Å²) in [6.07, 6.45) is -0.375. The number of carbonyl (C=O) groups is 2. The van der Waals surface area contributed by atoms with Crippen molar-refractivity contribution in [2.75, 3.05) is 19.6 Å². The molecule has 0 radical (unpaired) electrons. The van der Waals surface area contributed by atoms with Crippen molar-refractivity contribution in [3.8, 4) is 0 Å². The third-order valence-electron chi connectivity index (χ3n) is 2.11. The van der Waals surface area contributed by atoms with Crippen molar-refractivity contribution in [1.82, 2.24) is 10.2 Å². The van der Waals surface area contributed by atoms with Gasteiger partial charge in [-0.15, -0.1) is 0 Å². The molecular weight excluding hydrogens is 234 g/mol. The number of nitrogens with one attached hydrogen (secondary N) is 1. The van der Waals surface area contributed by atoms with Gasteiger partial charge in [-0.3, -0.25) is 4.79 Å². The van der Waals surface area contributed by atoms with Gasteiger partial charge in [0.2, 0.25) is 5.91 Å². The van der Waals surface area contributed by atoms with Crippen LogP contribution in [0, 0.1) is 0 Å². The van der Waals surface area contributed by atoms with E-state index in [1.54, 1.807) is 4.90 Å². The molecule has 0 unspecified atom stereocenters. The lowest BCUT2D eigenvalue weighted by molar-refractivity contribution is -0.119. The van der Waals surface area contributed by atoms with Gasteiger partial charge >= 0.3 is 6.09 Å². The van der Waals surface area contributed by atoms with Crippen LogP contribution in [-0.4, -0.2) is 48.2 Å². The Morgan fingerprint density at radius 1 is 1.33 bits per heavy atom. The monoisotopic (exact) mass is 259 g/mol. The number of hydrogen-bond donors (Lipinski definition) is 2. The molecule has 0 fully saturated rings. The molecule has 0 spiro atoms. The molecule has 0 saturated carbocycles. The summed E-state index contributed by atoms with van der Waals surface area (Å²) in [5, 5.41) is 2.62. The minimum Gasteiger partial charge on any atom is -0.444 e. The summed E-state index contributed by atoms with van der Waals surface area (Å²) >= 11 is 0. The van der Waals surface area contributed by atoms with Crippen molar-refractivity contribution in [3.05, 3.63) is 0 Å². The van der Waals surface area contributed by atoms with Crippen molar-refractivity contribution in [1.29, 1.82) is 0 Å². The van der Waals surface area contributed by atoms with Gasteiger partial charge in [0, 0.05) is 19.1 Å². The van der Waals surface area contributed by atoms with E-state index in [-0.39, 0.29) is 24.6 Å². The van der Waals surface area contributed by atoms with Crippen molar-refractivity contribution < 1.29 is 14.3 Å². The lowest BCUT2D eigenvalue weighted by atomic mass is 10.2. The van der Waals surface area contributed by atoms with E-state index in [0.717, 1.165) is 0 Å². The van der Waals surface area contributed by atoms with Gasteiger partial charge < -0.3 is 20.7 Å². The maximum Gasteiger partial charge on any atom is 0.410 e. The molecular formula is C12H25N3O3. The summed E-state index contributed by atoms with van der Waals surface area (Å²) in [6.45, 7) is 9.97. The van der Waals surface area contributed by atoms with Crippen LogP contribution in [0.1, 0.15) is 34.6 Å². The van der Waals surface area contributed by atoms with E-state index in [9.17, 15) is 9.59 Å². The van der Waals surface area contributed by atoms with Crippen LogP contribution in [0.3, 0.4) is 0 Å². The SMILES string of the molecule is CC(C)N(CCNC(=O)CN)C(=O)OC(C)(C)C. The van der Waals surface area contributed by atoms with E-state index in [2.05, 4.69) is 5.32 Å². The van der Waals surface area contributed by atoms with Crippen LogP contribution >= 0.6 is 0 Å². The molecule has 0 saturated heterocycles. The van der Waals surface area contributed by atoms with E-state index < -0.39 is 5.60 Å². The Morgan fingerprint density at radius 2 is 1.89 bits per heavy atom. The molecule has 106 valence electrons. The van der Waals surface area contributed by atoms with Crippen LogP contribution in [0.5, 0.6) is 0 Å². The van der Waals surface area contributed by atoms with E-state index in [1.165, 1.54) is 0 Å². The number of carbonyl (C=O) groups excluding carboxylic acids is 2. The summed E-state index contributed by atoms with van der Waals surface area (Å²) in [6, 6.07) is 0.00892. The molecule has 3 N–H and O–H groups in total. The van der Waals surface area contributed by atoms with Crippen molar-refractivity contribution in [2.45, 2.75) is 46.3 Å². The molecule has 2 amide bonds. The predicted octanol–water partition coefficient (Wildman–Crippen LogP) is 0.707. The Bertz CT molecular complexity index is 285. The molecule has 0 aliphatic carbocycles. The van der Waals surface area contributed by atoms with Gasteiger partial charge in [0.25, 0.3) is 0 Å². The number of hydrogen-bond acceptors (Lipinski definition) is 4. The molecule has 0 bridgehead atoms. The normalized spacial score (nSPS) is 11.3. The van der Waals surface area contributed by atoms with Crippen molar-refractivity contribution in [2.24, 2.45) is 5.73 Å². The molecule has 0 aliphatic heterocycles. The summed E-state index contributed by atoms with van der Waals surface area (Å²) in [5.74, 6) is -0.233.